The van der Waals surface area contributed by atoms with Crippen molar-refractivity contribution in [2.75, 3.05) is 11.5 Å². The van der Waals surface area contributed by atoms with E-state index in [1.54, 1.807) is 31.2 Å². The van der Waals surface area contributed by atoms with Gasteiger partial charge in [0.25, 0.3) is 5.91 Å². The molecule has 1 atom stereocenters. The van der Waals surface area contributed by atoms with Crippen molar-refractivity contribution >= 4 is 56.8 Å². The van der Waals surface area contributed by atoms with E-state index in [0.29, 0.717) is 21.6 Å². The summed E-state index contributed by atoms with van der Waals surface area (Å²) in [6, 6.07) is 20.4. The van der Waals surface area contributed by atoms with Gasteiger partial charge in [-0.3, -0.25) is 14.5 Å². The van der Waals surface area contributed by atoms with Crippen LogP contribution in [-0.4, -0.2) is 28.8 Å². The standard InChI is InChI=1S/C22H18ClN3O3S/c1-14-21(28)26(18-9-7-17(23)8-10-18)22(30-14)25-24-20(27)13-29-19-11-6-15-4-2-3-5-16(15)12-19/h2-12,14H,13H2,1H3,(H,24,27)/b25-22-/t14-/m1/s1. The molecule has 1 heterocycles. The van der Waals surface area contributed by atoms with Crippen molar-refractivity contribution in [1.29, 1.82) is 0 Å². The van der Waals surface area contributed by atoms with Gasteiger partial charge in [0.2, 0.25) is 5.91 Å². The number of amides is 2. The molecule has 0 aliphatic carbocycles. The second-order valence-corrected chi connectivity index (χ2v) is 8.38. The number of rotatable bonds is 5. The average Bonchev–Trinajstić information content (AvgIpc) is 3.04. The number of benzene rings is 3. The third-order valence-corrected chi connectivity index (χ3v) is 5.79. The fourth-order valence-corrected chi connectivity index (χ4v) is 4.04. The third kappa shape index (κ3) is 4.42. The van der Waals surface area contributed by atoms with E-state index < -0.39 is 5.91 Å². The molecule has 4 rings (SSSR count). The van der Waals surface area contributed by atoms with E-state index in [0.717, 1.165) is 10.8 Å². The summed E-state index contributed by atoms with van der Waals surface area (Å²) in [5.74, 6) is 0.0698. The van der Waals surface area contributed by atoms with Crippen LogP contribution in [0.2, 0.25) is 5.02 Å². The Labute approximate surface area is 182 Å². The molecule has 8 heteroatoms. The molecule has 3 aromatic carbocycles. The van der Waals surface area contributed by atoms with Crippen molar-refractivity contribution in [3.05, 3.63) is 71.8 Å². The number of hydrogen-bond acceptors (Lipinski definition) is 5. The Kier molecular flexibility index (Phi) is 5.92. The summed E-state index contributed by atoms with van der Waals surface area (Å²) >= 11 is 7.21. The Morgan fingerprint density at radius 2 is 1.87 bits per heavy atom. The lowest BCUT2D eigenvalue weighted by atomic mass is 10.1. The number of nitrogens with zero attached hydrogens (tertiary/aromatic N) is 2. The first-order chi connectivity index (χ1) is 14.5. The zero-order valence-corrected chi connectivity index (χ0v) is 17.6. The SMILES string of the molecule is C[C@H]1S/C(=N\NC(=O)COc2ccc3ccccc3c2)N(c2ccc(Cl)cc2)C1=O. The van der Waals surface area contributed by atoms with Gasteiger partial charge in [-0.1, -0.05) is 53.7 Å². The highest BCUT2D eigenvalue weighted by Gasteiger charge is 2.36. The van der Waals surface area contributed by atoms with Gasteiger partial charge in [0.15, 0.2) is 11.8 Å². The van der Waals surface area contributed by atoms with Gasteiger partial charge in [-0.05, 0) is 54.1 Å². The molecular formula is C22H18ClN3O3S. The Morgan fingerprint density at radius 1 is 1.13 bits per heavy atom. The topological polar surface area (TPSA) is 71.0 Å². The largest absolute Gasteiger partial charge is 0.484 e. The number of hydrogen-bond donors (Lipinski definition) is 1. The molecule has 0 bridgehead atoms. The first-order valence-electron chi connectivity index (χ1n) is 9.25. The van der Waals surface area contributed by atoms with Crippen LogP contribution in [0, 0.1) is 0 Å². The van der Waals surface area contributed by atoms with Crippen LogP contribution in [-0.2, 0) is 9.59 Å². The minimum absolute atomic E-state index is 0.109. The van der Waals surface area contributed by atoms with Gasteiger partial charge in [0.1, 0.15) is 5.75 Å². The van der Waals surface area contributed by atoms with Crippen molar-refractivity contribution in [1.82, 2.24) is 5.43 Å². The normalized spacial score (nSPS) is 17.5. The number of ether oxygens (including phenoxy) is 1. The predicted molar refractivity (Wildman–Crippen MR) is 121 cm³/mol. The van der Waals surface area contributed by atoms with Gasteiger partial charge in [-0.2, -0.15) is 0 Å². The molecule has 2 amide bonds. The van der Waals surface area contributed by atoms with E-state index in [2.05, 4.69) is 10.5 Å². The molecule has 0 radical (unpaired) electrons. The number of nitrogens with one attached hydrogen (secondary N) is 1. The molecule has 0 unspecified atom stereocenters. The van der Waals surface area contributed by atoms with Crippen molar-refractivity contribution in [2.24, 2.45) is 5.10 Å². The third-order valence-electron chi connectivity index (χ3n) is 4.49. The number of hydrazone groups is 1. The highest BCUT2D eigenvalue weighted by Crippen LogP contribution is 2.32. The van der Waals surface area contributed by atoms with Crippen LogP contribution in [0.5, 0.6) is 5.75 Å². The zero-order chi connectivity index (χ0) is 21.1. The van der Waals surface area contributed by atoms with Crippen molar-refractivity contribution in [3.63, 3.8) is 0 Å². The maximum absolute atomic E-state index is 12.5. The molecule has 3 aromatic rings. The van der Waals surface area contributed by atoms with E-state index in [-0.39, 0.29) is 17.8 Å². The maximum atomic E-state index is 12.5. The van der Waals surface area contributed by atoms with E-state index in [1.165, 1.54) is 16.7 Å². The summed E-state index contributed by atoms with van der Waals surface area (Å²) in [6.45, 7) is 1.60. The van der Waals surface area contributed by atoms with E-state index >= 15 is 0 Å². The number of amidine groups is 1. The predicted octanol–water partition coefficient (Wildman–Crippen LogP) is 4.43. The lowest BCUT2D eigenvalue weighted by molar-refractivity contribution is -0.123. The Bertz CT molecular complexity index is 1130. The molecule has 0 saturated carbocycles. The number of anilines is 1. The molecule has 1 fully saturated rings. The minimum atomic E-state index is -0.417. The van der Waals surface area contributed by atoms with Crippen LogP contribution in [0.3, 0.4) is 0 Å². The molecule has 1 aliphatic heterocycles. The van der Waals surface area contributed by atoms with Crippen LogP contribution in [0.15, 0.2) is 71.8 Å². The molecule has 6 nitrogen and oxygen atoms in total. The Morgan fingerprint density at radius 3 is 2.63 bits per heavy atom. The van der Waals surface area contributed by atoms with Crippen LogP contribution in [0.25, 0.3) is 10.8 Å². The second-order valence-electron chi connectivity index (χ2n) is 6.64. The number of fused-ring (bicyclic) bond motifs is 1. The highest BCUT2D eigenvalue weighted by molar-refractivity contribution is 8.16. The number of thioether (sulfide) groups is 1. The number of halogens is 1. The first kappa shape index (κ1) is 20.3. The van der Waals surface area contributed by atoms with E-state index in [4.69, 9.17) is 16.3 Å². The Hall–Kier alpha value is -3.03. The molecule has 1 N–H and O–H groups in total. The van der Waals surface area contributed by atoms with Gasteiger partial charge in [-0.15, -0.1) is 5.10 Å². The fraction of sp³-hybridized carbons (Fsp3) is 0.136. The lowest BCUT2D eigenvalue weighted by Crippen LogP contribution is -2.33. The number of carbonyl (C=O) groups excluding carboxylic acids is 2. The fourth-order valence-electron chi connectivity index (χ4n) is 2.99. The molecule has 30 heavy (non-hydrogen) atoms. The Balaban J connectivity index is 1.41. The molecule has 0 spiro atoms. The van der Waals surface area contributed by atoms with E-state index in [9.17, 15) is 9.59 Å². The highest BCUT2D eigenvalue weighted by atomic mass is 35.5. The summed E-state index contributed by atoms with van der Waals surface area (Å²) in [4.78, 5) is 26.2. The summed E-state index contributed by atoms with van der Waals surface area (Å²) < 4.78 is 5.57. The molecular weight excluding hydrogens is 422 g/mol. The van der Waals surface area contributed by atoms with Crippen molar-refractivity contribution in [3.8, 4) is 5.75 Å². The molecule has 1 saturated heterocycles. The van der Waals surface area contributed by atoms with Gasteiger partial charge in [0, 0.05) is 5.02 Å². The second kappa shape index (κ2) is 8.77. The quantitative estimate of drug-likeness (QED) is 0.597. The van der Waals surface area contributed by atoms with Gasteiger partial charge in [-0.25, -0.2) is 5.43 Å². The van der Waals surface area contributed by atoms with Crippen molar-refractivity contribution < 1.29 is 14.3 Å². The van der Waals surface area contributed by atoms with Crippen LogP contribution in [0.1, 0.15) is 6.92 Å². The monoisotopic (exact) mass is 439 g/mol. The van der Waals surface area contributed by atoms with Gasteiger partial charge in [0.05, 0.1) is 10.9 Å². The zero-order valence-electron chi connectivity index (χ0n) is 16.0. The maximum Gasteiger partial charge on any atom is 0.278 e. The molecule has 0 aromatic heterocycles. The minimum Gasteiger partial charge on any atom is -0.484 e. The van der Waals surface area contributed by atoms with Gasteiger partial charge < -0.3 is 4.74 Å². The van der Waals surface area contributed by atoms with E-state index in [1.807, 2.05) is 42.5 Å². The van der Waals surface area contributed by atoms with Crippen LogP contribution >= 0.6 is 23.4 Å². The van der Waals surface area contributed by atoms with Crippen LogP contribution < -0.4 is 15.1 Å². The van der Waals surface area contributed by atoms with Gasteiger partial charge >= 0.3 is 0 Å². The van der Waals surface area contributed by atoms with Crippen LogP contribution in [0.4, 0.5) is 5.69 Å². The summed E-state index contributed by atoms with van der Waals surface area (Å²) in [7, 11) is 0. The summed E-state index contributed by atoms with van der Waals surface area (Å²) in [5.41, 5.74) is 3.11. The lowest BCUT2D eigenvalue weighted by Gasteiger charge is -2.16. The van der Waals surface area contributed by atoms with Crippen molar-refractivity contribution in [2.45, 2.75) is 12.2 Å². The smallest absolute Gasteiger partial charge is 0.278 e. The first-order valence-corrected chi connectivity index (χ1v) is 10.5. The number of carbonyl (C=O) groups is 2. The summed E-state index contributed by atoms with van der Waals surface area (Å²) in [5, 5.41) is 6.94. The average molecular weight is 440 g/mol. The summed E-state index contributed by atoms with van der Waals surface area (Å²) in [6.07, 6.45) is 0. The molecule has 152 valence electrons. The molecule has 1 aliphatic rings.